The van der Waals surface area contributed by atoms with Crippen molar-refractivity contribution < 1.29 is 10.0 Å². The van der Waals surface area contributed by atoms with Gasteiger partial charge in [0.15, 0.2) is 0 Å². The predicted molar refractivity (Wildman–Crippen MR) is 119 cm³/mol. The number of carbonyl (C=O) groups excluding carboxylic acids is 1. The van der Waals surface area contributed by atoms with Crippen LogP contribution in [-0.4, -0.2) is 40.8 Å². The number of nitrogens with zero attached hydrogens (tertiary/aromatic N) is 3. The molecule has 30 heavy (non-hydrogen) atoms. The van der Waals surface area contributed by atoms with Gasteiger partial charge in [0.05, 0.1) is 5.71 Å². The molecule has 0 aliphatic rings. The van der Waals surface area contributed by atoms with Gasteiger partial charge in [-0.3, -0.25) is 9.78 Å². The van der Waals surface area contributed by atoms with Gasteiger partial charge in [-0.15, -0.1) is 0 Å². The van der Waals surface area contributed by atoms with Crippen molar-refractivity contribution in [1.29, 1.82) is 0 Å². The lowest BCUT2D eigenvalue weighted by Crippen LogP contribution is -2.21. The van der Waals surface area contributed by atoms with E-state index in [-0.39, 0.29) is 11.8 Å². The molecule has 0 unspecified atom stereocenters. The first kappa shape index (κ1) is 21.2. The number of aryl methyl sites for hydroxylation is 2. The number of amides is 1. The summed E-state index contributed by atoms with van der Waals surface area (Å²) in [6, 6.07) is 19.7. The van der Waals surface area contributed by atoms with Crippen LogP contribution in [-0.2, 0) is 0 Å². The molecule has 1 aromatic heterocycles. The first-order valence-electron chi connectivity index (χ1n) is 9.91. The van der Waals surface area contributed by atoms with Gasteiger partial charge in [0, 0.05) is 49.5 Å². The molecule has 1 atom stereocenters. The molecule has 1 heterocycles. The van der Waals surface area contributed by atoms with Crippen LogP contribution in [0, 0.1) is 13.8 Å². The van der Waals surface area contributed by atoms with Crippen LogP contribution >= 0.6 is 0 Å². The van der Waals surface area contributed by atoms with Crippen molar-refractivity contribution in [1.82, 2.24) is 9.88 Å². The van der Waals surface area contributed by atoms with Gasteiger partial charge in [-0.25, -0.2) is 0 Å². The first-order chi connectivity index (χ1) is 14.4. The highest BCUT2D eigenvalue weighted by Crippen LogP contribution is 2.32. The highest BCUT2D eigenvalue weighted by atomic mass is 16.4. The van der Waals surface area contributed by atoms with Crippen LogP contribution in [0.2, 0.25) is 0 Å². The fourth-order valence-corrected chi connectivity index (χ4v) is 3.64. The minimum Gasteiger partial charge on any atom is -0.411 e. The van der Waals surface area contributed by atoms with Crippen LogP contribution in [0.25, 0.3) is 0 Å². The molecule has 0 aliphatic heterocycles. The summed E-state index contributed by atoms with van der Waals surface area (Å²) in [5, 5.41) is 13.4. The quantitative estimate of drug-likeness (QED) is 0.366. The summed E-state index contributed by atoms with van der Waals surface area (Å²) in [7, 11) is 3.49. The largest absolute Gasteiger partial charge is 0.411 e. The predicted octanol–water partition coefficient (Wildman–Crippen LogP) is 4.80. The van der Waals surface area contributed by atoms with E-state index >= 15 is 0 Å². The molecule has 0 bridgehead atoms. The van der Waals surface area contributed by atoms with Crippen molar-refractivity contribution in [3.8, 4) is 0 Å². The molecule has 5 heteroatoms. The second-order valence-corrected chi connectivity index (χ2v) is 7.67. The molecule has 0 saturated carbocycles. The standard InChI is InChI=1S/C25H27N3O2/c1-17-7-5-6-8-22(17)23(16-24(27-30)21-13-14-26-18(2)15-21)19-9-11-20(12-10-19)25(29)28(3)4/h5-15,23,30H,16H2,1-4H3/t23-/m1/s1. The van der Waals surface area contributed by atoms with Gasteiger partial charge in [0.2, 0.25) is 0 Å². The van der Waals surface area contributed by atoms with Crippen molar-refractivity contribution in [2.45, 2.75) is 26.2 Å². The average molecular weight is 402 g/mol. The maximum absolute atomic E-state index is 12.3. The van der Waals surface area contributed by atoms with Crippen LogP contribution in [0.5, 0.6) is 0 Å². The van der Waals surface area contributed by atoms with Crippen LogP contribution < -0.4 is 0 Å². The maximum Gasteiger partial charge on any atom is 0.253 e. The zero-order valence-corrected chi connectivity index (χ0v) is 17.8. The van der Waals surface area contributed by atoms with Crippen molar-refractivity contribution in [2.75, 3.05) is 14.1 Å². The van der Waals surface area contributed by atoms with E-state index in [9.17, 15) is 10.0 Å². The Balaban J connectivity index is 2.01. The molecule has 0 aliphatic carbocycles. The smallest absolute Gasteiger partial charge is 0.253 e. The topological polar surface area (TPSA) is 65.8 Å². The number of rotatable bonds is 6. The molecule has 154 valence electrons. The van der Waals surface area contributed by atoms with Crippen LogP contribution in [0.3, 0.4) is 0 Å². The first-order valence-corrected chi connectivity index (χ1v) is 9.91. The van der Waals surface area contributed by atoms with E-state index in [1.807, 2.05) is 55.5 Å². The maximum atomic E-state index is 12.3. The zero-order valence-electron chi connectivity index (χ0n) is 17.8. The molecule has 0 spiro atoms. The SMILES string of the molecule is Cc1cc(C(C[C@H](c2ccc(C(=O)N(C)C)cc2)c2ccccc2C)=NO)ccn1. The Labute approximate surface area is 177 Å². The molecule has 2 aromatic carbocycles. The minimum absolute atomic E-state index is 0.0194. The molecule has 0 saturated heterocycles. The fourth-order valence-electron chi connectivity index (χ4n) is 3.64. The summed E-state index contributed by atoms with van der Waals surface area (Å²) >= 11 is 0. The summed E-state index contributed by atoms with van der Waals surface area (Å²) in [5.74, 6) is -0.0482. The highest BCUT2D eigenvalue weighted by Gasteiger charge is 2.21. The third kappa shape index (κ3) is 4.74. The van der Waals surface area contributed by atoms with Gasteiger partial charge in [0.25, 0.3) is 5.91 Å². The van der Waals surface area contributed by atoms with Crippen molar-refractivity contribution >= 4 is 11.6 Å². The Morgan fingerprint density at radius 3 is 2.33 bits per heavy atom. The van der Waals surface area contributed by atoms with Gasteiger partial charge < -0.3 is 10.1 Å². The average Bonchev–Trinajstić information content (AvgIpc) is 2.75. The van der Waals surface area contributed by atoms with Crippen LogP contribution in [0.15, 0.2) is 72.0 Å². The van der Waals surface area contributed by atoms with Crippen LogP contribution in [0.4, 0.5) is 0 Å². The molecule has 0 radical (unpaired) electrons. The summed E-state index contributed by atoms with van der Waals surface area (Å²) in [6.45, 7) is 4.00. The third-order valence-electron chi connectivity index (χ3n) is 5.28. The van der Waals surface area contributed by atoms with Crippen molar-refractivity contribution in [3.05, 3.63) is 100 Å². The Bertz CT molecular complexity index is 1060. The summed E-state index contributed by atoms with van der Waals surface area (Å²) < 4.78 is 0. The molecule has 3 rings (SSSR count). The second-order valence-electron chi connectivity index (χ2n) is 7.67. The molecule has 0 fully saturated rings. The molecule has 1 amide bonds. The Morgan fingerprint density at radius 2 is 1.73 bits per heavy atom. The highest BCUT2D eigenvalue weighted by molar-refractivity contribution is 6.01. The van der Waals surface area contributed by atoms with Gasteiger partial charge in [-0.2, -0.15) is 0 Å². The van der Waals surface area contributed by atoms with Gasteiger partial charge in [-0.1, -0.05) is 41.6 Å². The molecule has 5 nitrogen and oxygen atoms in total. The number of carbonyl (C=O) groups is 1. The minimum atomic E-state index is -0.0288. The lowest BCUT2D eigenvalue weighted by molar-refractivity contribution is 0.0827. The van der Waals surface area contributed by atoms with E-state index in [0.717, 1.165) is 22.4 Å². The lowest BCUT2D eigenvalue weighted by Gasteiger charge is -2.21. The van der Waals surface area contributed by atoms with E-state index in [2.05, 4.69) is 29.2 Å². The lowest BCUT2D eigenvalue weighted by atomic mass is 9.83. The number of hydrogen-bond donors (Lipinski definition) is 1. The van der Waals surface area contributed by atoms with Gasteiger partial charge in [-0.05, 0) is 54.8 Å². The summed E-state index contributed by atoms with van der Waals surface area (Å²) in [4.78, 5) is 18.1. The Kier molecular flexibility index (Phi) is 6.62. The van der Waals surface area contributed by atoms with E-state index in [1.54, 1.807) is 25.2 Å². The van der Waals surface area contributed by atoms with Crippen molar-refractivity contribution in [2.24, 2.45) is 5.16 Å². The number of hydrogen-bond acceptors (Lipinski definition) is 4. The molecule has 3 aromatic rings. The zero-order chi connectivity index (χ0) is 21.7. The van der Waals surface area contributed by atoms with Gasteiger partial charge >= 0.3 is 0 Å². The fraction of sp³-hybridized carbons (Fsp3) is 0.240. The molecule has 1 N–H and O–H groups in total. The summed E-state index contributed by atoms with van der Waals surface area (Å²) in [6.07, 6.45) is 2.24. The second kappa shape index (κ2) is 9.35. The molecular weight excluding hydrogens is 374 g/mol. The van der Waals surface area contributed by atoms with E-state index in [4.69, 9.17) is 0 Å². The summed E-state index contributed by atoms with van der Waals surface area (Å²) in [5.41, 5.74) is 6.35. The third-order valence-corrected chi connectivity index (χ3v) is 5.28. The number of oxime groups is 1. The van der Waals surface area contributed by atoms with Crippen LogP contribution in [0.1, 0.15) is 50.6 Å². The number of pyridine rings is 1. The van der Waals surface area contributed by atoms with Crippen molar-refractivity contribution in [3.63, 3.8) is 0 Å². The Hall–Kier alpha value is -3.47. The van der Waals surface area contributed by atoms with Gasteiger partial charge in [0.1, 0.15) is 0 Å². The monoisotopic (exact) mass is 401 g/mol. The molecular formula is C25H27N3O2. The normalized spacial score (nSPS) is 12.5. The van der Waals surface area contributed by atoms with E-state index < -0.39 is 0 Å². The van der Waals surface area contributed by atoms with E-state index in [0.29, 0.717) is 17.7 Å². The number of aromatic nitrogens is 1. The van der Waals surface area contributed by atoms with E-state index in [1.165, 1.54) is 5.56 Å². The Morgan fingerprint density at radius 1 is 1.03 bits per heavy atom. The number of benzene rings is 2.